The molecule has 1 spiro atoms. The molecule has 0 aromatic rings. The van der Waals surface area contributed by atoms with E-state index in [1.54, 1.807) is 0 Å². The molecule has 2 aliphatic carbocycles. The van der Waals surface area contributed by atoms with E-state index in [0.29, 0.717) is 6.04 Å². The first-order chi connectivity index (χ1) is 10.3. The minimum atomic E-state index is 0.287. The Morgan fingerprint density at radius 3 is 2.62 bits per heavy atom. The summed E-state index contributed by atoms with van der Waals surface area (Å²) < 4.78 is 6.01. The summed E-state index contributed by atoms with van der Waals surface area (Å²) in [4.78, 5) is 2.61. The largest absolute Gasteiger partial charge is 0.375 e. The van der Waals surface area contributed by atoms with Gasteiger partial charge in [-0.1, -0.05) is 19.3 Å². The number of nitrogens with one attached hydrogen (secondary N) is 1. The summed E-state index contributed by atoms with van der Waals surface area (Å²) in [5, 5.41) is 3.80. The highest BCUT2D eigenvalue weighted by atomic mass is 16.5. The van der Waals surface area contributed by atoms with E-state index in [2.05, 4.69) is 17.3 Å². The Bertz CT molecular complexity index is 310. The van der Waals surface area contributed by atoms with E-state index in [1.165, 1.54) is 83.7 Å². The third-order valence-electron chi connectivity index (χ3n) is 6.08. The highest BCUT2D eigenvalue weighted by Crippen LogP contribution is 2.42. The summed E-state index contributed by atoms with van der Waals surface area (Å²) in [6.45, 7) is 3.41. The van der Waals surface area contributed by atoms with Crippen LogP contribution in [0.2, 0.25) is 0 Å². The van der Waals surface area contributed by atoms with Crippen LogP contribution in [0.15, 0.2) is 0 Å². The fourth-order valence-electron chi connectivity index (χ4n) is 4.46. The Morgan fingerprint density at radius 2 is 1.90 bits per heavy atom. The van der Waals surface area contributed by atoms with Crippen molar-refractivity contribution in [3.8, 4) is 0 Å². The molecule has 122 valence electrons. The highest BCUT2D eigenvalue weighted by Gasteiger charge is 2.42. The van der Waals surface area contributed by atoms with Gasteiger partial charge < -0.3 is 15.0 Å². The molecule has 1 heterocycles. The van der Waals surface area contributed by atoms with Crippen molar-refractivity contribution >= 4 is 0 Å². The topological polar surface area (TPSA) is 24.5 Å². The summed E-state index contributed by atoms with van der Waals surface area (Å²) in [6.07, 6.45) is 14.9. The SMILES string of the molecule is CN(CCCNC1CCOC2(CCC2)C1)C1CCCCC1. The van der Waals surface area contributed by atoms with Crippen molar-refractivity contribution in [3.05, 3.63) is 0 Å². The van der Waals surface area contributed by atoms with Gasteiger partial charge in [0.05, 0.1) is 5.60 Å². The smallest absolute Gasteiger partial charge is 0.0697 e. The van der Waals surface area contributed by atoms with Crippen molar-refractivity contribution in [2.75, 3.05) is 26.7 Å². The van der Waals surface area contributed by atoms with E-state index < -0.39 is 0 Å². The van der Waals surface area contributed by atoms with Crippen molar-refractivity contribution < 1.29 is 4.74 Å². The first-order valence-electron chi connectivity index (χ1n) is 9.35. The van der Waals surface area contributed by atoms with E-state index in [4.69, 9.17) is 4.74 Å². The zero-order valence-electron chi connectivity index (χ0n) is 13.9. The number of hydrogen-bond donors (Lipinski definition) is 1. The van der Waals surface area contributed by atoms with Gasteiger partial charge >= 0.3 is 0 Å². The molecule has 1 unspecified atom stereocenters. The molecule has 1 atom stereocenters. The van der Waals surface area contributed by atoms with Gasteiger partial charge in [-0.15, -0.1) is 0 Å². The fraction of sp³-hybridized carbons (Fsp3) is 1.00. The normalized spacial score (nSPS) is 29.7. The first kappa shape index (κ1) is 15.8. The Morgan fingerprint density at radius 1 is 1.10 bits per heavy atom. The average molecular weight is 294 g/mol. The third kappa shape index (κ3) is 4.20. The maximum absolute atomic E-state index is 6.01. The molecule has 1 aliphatic heterocycles. The number of hydrogen-bond acceptors (Lipinski definition) is 3. The van der Waals surface area contributed by atoms with Crippen molar-refractivity contribution in [2.24, 2.45) is 0 Å². The monoisotopic (exact) mass is 294 g/mol. The molecular weight excluding hydrogens is 260 g/mol. The van der Waals surface area contributed by atoms with E-state index in [0.717, 1.165) is 12.6 Å². The van der Waals surface area contributed by atoms with Gasteiger partial charge in [0, 0.05) is 18.7 Å². The first-order valence-corrected chi connectivity index (χ1v) is 9.35. The third-order valence-corrected chi connectivity index (χ3v) is 6.08. The number of rotatable bonds is 6. The summed E-state index contributed by atoms with van der Waals surface area (Å²) in [6, 6.07) is 1.57. The number of nitrogens with zero attached hydrogens (tertiary/aromatic N) is 1. The Labute approximate surface area is 130 Å². The minimum absolute atomic E-state index is 0.287. The fourth-order valence-corrected chi connectivity index (χ4v) is 4.46. The molecule has 0 aromatic heterocycles. The van der Waals surface area contributed by atoms with Crippen LogP contribution in [0.3, 0.4) is 0 Å². The van der Waals surface area contributed by atoms with E-state index in [1.807, 2.05) is 0 Å². The molecule has 2 saturated carbocycles. The quantitative estimate of drug-likeness (QED) is 0.761. The van der Waals surface area contributed by atoms with Gasteiger partial charge in [0.25, 0.3) is 0 Å². The van der Waals surface area contributed by atoms with Gasteiger partial charge in [0.2, 0.25) is 0 Å². The minimum Gasteiger partial charge on any atom is -0.375 e. The lowest BCUT2D eigenvalue weighted by atomic mass is 9.74. The second kappa shape index (κ2) is 7.43. The standard InChI is InChI=1S/C18H34N2O/c1-20(17-7-3-2-4-8-17)13-6-12-19-16-9-14-21-18(15-16)10-5-11-18/h16-17,19H,2-15H2,1H3. The van der Waals surface area contributed by atoms with Crippen LogP contribution < -0.4 is 5.32 Å². The lowest BCUT2D eigenvalue weighted by Gasteiger charge is -2.47. The predicted molar refractivity (Wildman–Crippen MR) is 87.7 cm³/mol. The maximum atomic E-state index is 6.01. The molecule has 3 nitrogen and oxygen atoms in total. The second-order valence-electron chi connectivity index (χ2n) is 7.65. The van der Waals surface area contributed by atoms with Crippen LogP contribution in [-0.2, 0) is 4.74 Å². The Hall–Kier alpha value is -0.120. The van der Waals surface area contributed by atoms with Gasteiger partial charge in [-0.3, -0.25) is 0 Å². The summed E-state index contributed by atoms with van der Waals surface area (Å²) in [5.74, 6) is 0. The van der Waals surface area contributed by atoms with Crippen LogP contribution in [-0.4, -0.2) is 49.3 Å². The summed E-state index contributed by atoms with van der Waals surface area (Å²) in [7, 11) is 2.33. The second-order valence-corrected chi connectivity index (χ2v) is 7.65. The van der Waals surface area contributed by atoms with Crippen LogP contribution in [0.4, 0.5) is 0 Å². The maximum Gasteiger partial charge on any atom is 0.0697 e. The molecule has 3 fully saturated rings. The lowest BCUT2D eigenvalue weighted by Crippen LogP contribution is -2.51. The molecular formula is C18H34N2O. The van der Waals surface area contributed by atoms with Crippen LogP contribution >= 0.6 is 0 Å². The van der Waals surface area contributed by atoms with Crippen molar-refractivity contribution in [3.63, 3.8) is 0 Å². The van der Waals surface area contributed by atoms with Crippen LogP contribution in [0.25, 0.3) is 0 Å². The molecule has 21 heavy (non-hydrogen) atoms. The zero-order valence-corrected chi connectivity index (χ0v) is 13.9. The summed E-state index contributed by atoms with van der Waals surface area (Å²) in [5.41, 5.74) is 0.287. The molecule has 1 saturated heterocycles. The van der Waals surface area contributed by atoms with E-state index >= 15 is 0 Å². The molecule has 0 amide bonds. The Balaban J connectivity index is 1.29. The molecule has 0 aromatic carbocycles. The van der Waals surface area contributed by atoms with Crippen molar-refractivity contribution in [1.82, 2.24) is 10.2 Å². The van der Waals surface area contributed by atoms with E-state index in [-0.39, 0.29) is 5.60 Å². The van der Waals surface area contributed by atoms with Gasteiger partial charge in [-0.25, -0.2) is 0 Å². The van der Waals surface area contributed by atoms with Gasteiger partial charge in [0.15, 0.2) is 0 Å². The zero-order chi connectivity index (χ0) is 14.5. The van der Waals surface area contributed by atoms with Gasteiger partial charge in [0.1, 0.15) is 0 Å². The van der Waals surface area contributed by atoms with Crippen molar-refractivity contribution in [2.45, 2.75) is 88.3 Å². The molecule has 1 N–H and O–H groups in total. The molecule has 3 rings (SSSR count). The van der Waals surface area contributed by atoms with Crippen LogP contribution in [0.1, 0.15) is 70.6 Å². The molecule has 3 heteroatoms. The van der Waals surface area contributed by atoms with Crippen LogP contribution in [0, 0.1) is 0 Å². The number of ether oxygens (including phenoxy) is 1. The summed E-state index contributed by atoms with van der Waals surface area (Å²) >= 11 is 0. The molecule has 3 aliphatic rings. The average Bonchev–Trinajstić information content (AvgIpc) is 2.51. The van der Waals surface area contributed by atoms with Crippen molar-refractivity contribution in [1.29, 1.82) is 0 Å². The molecule has 0 bridgehead atoms. The Kier molecular flexibility index (Phi) is 5.58. The predicted octanol–water partition coefficient (Wildman–Crippen LogP) is 3.33. The van der Waals surface area contributed by atoms with E-state index in [9.17, 15) is 0 Å². The van der Waals surface area contributed by atoms with Gasteiger partial charge in [-0.05, 0) is 71.5 Å². The highest BCUT2D eigenvalue weighted by molar-refractivity contribution is 4.96. The lowest BCUT2D eigenvalue weighted by molar-refractivity contribution is -0.135. The molecule has 0 radical (unpaired) electrons. The van der Waals surface area contributed by atoms with Crippen LogP contribution in [0.5, 0.6) is 0 Å². The van der Waals surface area contributed by atoms with Gasteiger partial charge in [-0.2, -0.15) is 0 Å².